The van der Waals surface area contributed by atoms with E-state index in [9.17, 15) is 4.79 Å². The first-order chi connectivity index (χ1) is 7.11. The Morgan fingerprint density at radius 2 is 2.33 bits per heavy atom. The maximum Gasteiger partial charge on any atom is 0.341 e. The van der Waals surface area contributed by atoms with E-state index >= 15 is 0 Å². The van der Waals surface area contributed by atoms with E-state index in [2.05, 4.69) is 4.98 Å². The highest BCUT2D eigenvalue weighted by Gasteiger charge is 2.11. The van der Waals surface area contributed by atoms with Crippen molar-refractivity contribution in [2.75, 3.05) is 27.2 Å². The molecule has 0 amide bonds. The van der Waals surface area contributed by atoms with Crippen molar-refractivity contribution in [2.24, 2.45) is 0 Å². The van der Waals surface area contributed by atoms with E-state index in [1.165, 1.54) is 12.3 Å². The lowest BCUT2D eigenvalue weighted by atomic mass is 10.3. The molecule has 0 saturated carbocycles. The highest BCUT2D eigenvalue weighted by Crippen LogP contribution is 2.13. The predicted octanol–water partition coefficient (Wildman–Crippen LogP) is 0.720. The molecule has 0 aliphatic heterocycles. The third kappa shape index (κ3) is 3.55. The monoisotopic (exact) mass is 210 g/mol. The maximum atomic E-state index is 10.8. The number of aromatic nitrogens is 1. The molecule has 82 valence electrons. The quantitative estimate of drug-likeness (QED) is 0.775. The maximum absolute atomic E-state index is 10.8. The van der Waals surface area contributed by atoms with Gasteiger partial charge in [-0.3, -0.25) is 0 Å². The van der Waals surface area contributed by atoms with Gasteiger partial charge in [-0.2, -0.15) is 0 Å². The lowest BCUT2D eigenvalue weighted by Crippen LogP contribution is -2.20. The fraction of sp³-hybridized carbons (Fsp3) is 0.400. The highest BCUT2D eigenvalue weighted by molar-refractivity contribution is 5.90. The zero-order valence-corrected chi connectivity index (χ0v) is 8.80. The number of rotatable bonds is 5. The van der Waals surface area contributed by atoms with E-state index in [1.807, 2.05) is 19.0 Å². The SMILES string of the molecule is CN(C)CCOc1ncccc1C(=O)O. The number of aromatic carboxylic acids is 1. The molecule has 5 heteroatoms. The number of carboxylic acid groups (broad SMARTS) is 1. The Morgan fingerprint density at radius 1 is 1.60 bits per heavy atom. The number of carboxylic acids is 1. The molecule has 0 fully saturated rings. The summed E-state index contributed by atoms with van der Waals surface area (Å²) in [5, 5.41) is 8.84. The second kappa shape index (κ2) is 5.31. The molecule has 15 heavy (non-hydrogen) atoms. The van der Waals surface area contributed by atoms with Gasteiger partial charge in [-0.25, -0.2) is 9.78 Å². The normalized spacial score (nSPS) is 10.3. The predicted molar refractivity (Wildman–Crippen MR) is 55.2 cm³/mol. The van der Waals surface area contributed by atoms with E-state index in [-0.39, 0.29) is 11.4 Å². The van der Waals surface area contributed by atoms with E-state index in [0.717, 1.165) is 6.54 Å². The molecule has 0 atom stereocenters. The van der Waals surface area contributed by atoms with Crippen molar-refractivity contribution >= 4 is 5.97 Å². The summed E-state index contributed by atoms with van der Waals surface area (Å²) in [4.78, 5) is 16.6. The Balaban J connectivity index is 2.63. The molecule has 1 aromatic heterocycles. The zero-order chi connectivity index (χ0) is 11.3. The van der Waals surface area contributed by atoms with Gasteiger partial charge in [-0.1, -0.05) is 0 Å². The first kappa shape index (κ1) is 11.5. The van der Waals surface area contributed by atoms with Crippen LogP contribution in [0.3, 0.4) is 0 Å². The summed E-state index contributed by atoms with van der Waals surface area (Å²) in [6.07, 6.45) is 1.51. The van der Waals surface area contributed by atoms with Crippen molar-refractivity contribution in [3.05, 3.63) is 23.9 Å². The van der Waals surface area contributed by atoms with E-state index in [4.69, 9.17) is 9.84 Å². The van der Waals surface area contributed by atoms with Gasteiger partial charge in [-0.15, -0.1) is 0 Å². The van der Waals surface area contributed by atoms with Crippen molar-refractivity contribution in [3.8, 4) is 5.88 Å². The van der Waals surface area contributed by atoms with Crippen LogP contribution < -0.4 is 4.74 Å². The molecule has 1 rings (SSSR count). The van der Waals surface area contributed by atoms with Crippen LogP contribution in [0, 0.1) is 0 Å². The smallest absolute Gasteiger partial charge is 0.341 e. The summed E-state index contributed by atoms with van der Waals surface area (Å²) in [7, 11) is 3.83. The standard InChI is InChI=1S/C10H14N2O3/c1-12(2)6-7-15-9-8(10(13)14)4-3-5-11-9/h3-5H,6-7H2,1-2H3,(H,13,14). The van der Waals surface area contributed by atoms with Gasteiger partial charge in [0, 0.05) is 12.7 Å². The van der Waals surface area contributed by atoms with Crippen molar-refractivity contribution in [2.45, 2.75) is 0 Å². The molecular formula is C10H14N2O3. The van der Waals surface area contributed by atoms with Crippen molar-refractivity contribution in [1.82, 2.24) is 9.88 Å². The molecule has 0 bridgehead atoms. The minimum absolute atomic E-state index is 0.0938. The molecule has 5 nitrogen and oxygen atoms in total. The topological polar surface area (TPSA) is 62.7 Å². The molecule has 0 radical (unpaired) electrons. The number of hydrogen-bond donors (Lipinski definition) is 1. The molecule has 0 unspecified atom stereocenters. The molecule has 1 N–H and O–H groups in total. The highest BCUT2D eigenvalue weighted by atomic mass is 16.5. The largest absolute Gasteiger partial charge is 0.477 e. The molecule has 0 saturated heterocycles. The van der Waals surface area contributed by atoms with Crippen molar-refractivity contribution in [3.63, 3.8) is 0 Å². The third-order valence-electron chi connectivity index (χ3n) is 1.78. The van der Waals surface area contributed by atoms with E-state index in [1.54, 1.807) is 6.07 Å². The van der Waals surface area contributed by atoms with Crippen LogP contribution in [0.4, 0.5) is 0 Å². The van der Waals surface area contributed by atoms with Crippen LogP contribution in [0.15, 0.2) is 18.3 Å². The van der Waals surface area contributed by atoms with E-state index in [0.29, 0.717) is 6.61 Å². The fourth-order valence-corrected chi connectivity index (χ4v) is 0.993. The summed E-state index contributed by atoms with van der Waals surface area (Å²) in [5.74, 6) is -0.852. The van der Waals surface area contributed by atoms with Gasteiger partial charge in [0.15, 0.2) is 0 Å². The van der Waals surface area contributed by atoms with Crippen LogP contribution in [0.5, 0.6) is 5.88 Å². The summed E-state index contributed by atoms with van der Waals surface area (Å²) >= 11 is 0. The molecule has 0 aliphatic carbocycles. The van der Waals surface area contributed by atoms with Crippen molar-refractivity contribution < 1.29 is 14.6 Å². The third-order valence-corrected chi connectivity index (χ3v) is 1.78. The fourth-order valence-electron chi connectivity index (χ4n) is 0.993. The average Bonchev–Trinajstić information content (AvgIpc) is 2.17. The van der Waals surface area contributed by atoms with Gasteiger partial charge < -0.3 is 14.7 Å². The van der Waals surface area contributed by atoms with Gasteiger partial charge in [-0.05, 0) is 26.2 Å². The summed E-state index contributed by atoms with van der Waals surface area (Å²) in [6.45, 7) is 1.14. The second-order valence-electron chi connectivity index (χ2n) is 3.31. The Bertz CT molecular complexity index is 339. The Kier molecular flexibility index (Phi) is 4.05. The number of ether oxygens (including phenoxy) is 1. The molecule has 1 heterocycles. The molecular weight excluding hydrogens is 196 g/mol. The van der Waals surface area contributed by atoms with Gasteiger partial charge in [0.25, 0.3) is 0 Å². The first-order valence-corrected chi connectivity index (χ1v) is 4.57. The Labute approximate surface area is 88.3 Å². The second-order valence-corrected chi connectivity index (χ2v) is 3.31. The Morgan fingerprint density at radius 3 is 2.93 bits per heavy atom. The molecule has 0 aliphatic rings. The zero-order valence-electron chi connectivity index (χ0n) is 8.80. The van der Waals surface area contributed by atoms with Gasteiger partial charge >= 0.3 is 5.97 Å². The van der Waals surface area contributed by atoms with Crippen LogP contribution in [-0.4, -0.2) is 48.2 Å². The first-order valence-electron chi connectivity index (χ1n) is 4.57. The van der Waals surface area contributed by atoms with Gasteiger partial charge in [0.2, 0.25) is 5.88 Å². The molecule has 0 aromatic carbocycles. The lowest BCUT2D eigenvalue weighted by Gasteiger charge is -2.11. The summed E-state index contributed by atoms with van der Waals surface area (Å²) < 4.78 is 5.28. The van der Waals surface area contributed by atoms with Gasteiger partial charge in [0.05, 0.1) is 0 Å². The number of pyridine rings is 1. The van der Waals surface area contributed by atoms with Crippen LogP contribution in [0.2, 0.25) is 0 Å². The van der Waals surface area contributed by atoms with Crippen LogP contribution >= 0.6 is 0 Å². The number of nitrogens with zero attached hydrogens (tertiary/aromatic N) is 2. The average molecular weight is 210 g/mol. The summed E-state index contributed by atoms with van der Waals surface area (Å²) in [6, 6.07) is 3.04. The molecule has 0 spiro atoms. The number of carbonyl (C=O) groups is 1. The number of hydrogen-bond acceptors (Lipinski definition) is 4. The van der Waals surface area contributed by atoms with Crippen LogP contribution in [0.1, 0.15) is 10.4 Å². The summed E-state index contributed by atoms with van der Waals surface area (Å²) in [5.41, 5.74) is 0.0938. The van der Waals surface area contributed by atoms with Crippen LogP contribution in [0.25, 0.3) is 0 Å². The van der Waals surface area contributed by atoms with Crippen molar-refractivity contribution in [1.29, 1.82) is 0 Å². The minimum atomic E-state index is -1.03. The Hall–Kier alpha value is -1.62. The van der Waals surface area contributed by atoms with Crippen LogP contribution in [-0.2, 0) is 0 Å². The molecule has 1 aromatic rings. The minimum Gasteiger partial charge on any atom is -0.477 e. The lowest BCUT2D eigenvalue weighted by molar-refractivity contribution is 0.0691. The van der Waals surface area contributed by atoms with E-state index < -0.39 is 5.97 Å². The van der Waals surface area contributed by atoms with Gasteiger partial charge in [0.1, 0.15) is 12.2 Å². The number of likely N-dealkylation sites (N-methyl/N-ethyl adjacent to an activating group) is 1.